The number of benzene rings is 2. The highest BCUT2D eigenvalue weighted by molar-refractivity contribution is 9.10. The number of rotatable bonds is 4. The van der Waals surface area contributed by atoms with E-state index in [1.54, 1.807) is 19.1 Å². The van der Waals surface area contributed by atoms with Crippen LogP contribution in [0.2, 0.25) is 0 Å². The lowest BCUT2D eigenvalue weighted by Crippen LogP contribution is -2.20. The predicted molar refractivity (Wildman–Crippen MR) is 92.6 cm³/mol. The van der Waals surface area contributed by atoms with Gasteiger partial charge in [0, 0.05) is 10.0 Å². The summed E-state index contributed by atoms with van der Waals surface area (Å²) >= 11 is 3.28. The summed E-state index contributed by atoms with van der Waals surface area (Å²) in [5.74, 6) is 0. The highest BCUT2D eigenvalue weighted by atomic mass is 79.9. The van der Waals surface area contributed by atoms with Crippen LogP contribution in [0.15, 0.2) is 56.9 Å². The molecule has 0 amide bonds. The van der Waals surface area contributed by atoms with Gasteiger partial charge in [-0.3, -0.25) is 0 Å². The van der Waals surface area contributed by atoms with Gasteiger partial charge in [-0.25, -0.2) is 0 Å². The van der Waals surface area contributed by atoms with E-state index in [1.807, 2.05) is 32.0 Å². The number of hydrogen-bond acceptors (Lipinski definition) is 3. The van der Waals surface area contributed by atoms with Crippen molar-refractivity contribution in [2.24, 2.45) is 5.10 Å². The summed E-state index contributed by atoms with van der Waals surface area (Å²) in [6.45, 7) is 5.77. The summed E-state index contributed by atoms with van der Waals surface area (Å²) < 4.78 is 25.2. The number of halogens is 1. The highest BCUT2D eigenvalue weighted by Crippen LogP contribution is 2.15. The second-order valence-electron chi connectivity index (χ2n) is 5.06. The van der Waals surface area contributed by atoms with Crippen LogP contribution in [0.1, 0.15) is 23.6 Å². The average Bonchev–Trinajstić information content (AvgIpc) is 2.45. The molecule has 0 radical (unpaired) electrons. The Morgan fingerprint density at radius 2 is 1.73 bits per heavy atom. The van der Waals surface area contributed by atoms with Crippen molar-refractivity contribution >= 4 is 31.7 Å². The van der Waals surface area contributed by atoms with Gasteiger partial charge < -0.3 is 0 Å². The molecule has 0 spiro atoms. The maximum atomic E-state index is 12.2. The molecular weight excluding hydrogens is 364 g/mol. The van der Waals surface area contributed by atoms with Crippen molar-refractivity contribution in [1.82, 2.24) is 4.83 Å². The van der Waals surface area contributed by atoms with Gasteiger partial charge in [0.05, 0.1) is 10.6 Å². The van der Waals surface area contributed by atoms with Crippen molar-refractivity contribution in [2.75, 3.05) is 0 Å². The monoisotopic (exact) mass is 380 g/mol. The fourth-order valence-corrected chi connectivity index (χ4v) is 3.20. The Kier molecular flexibility index (Phi) is 5.03. The van der Waals surface area contributed by atoms with Gasteiger partial charge in [0.1, 0.15) is 0 Å². The Hall–Kier alpha value is -1.66. The van der Waals surface area contributed by atoms with Crippen LogP contribution in [0.5, 0.6) is 0 Å². The lowest BCUT2D eigenvalue weighted by molar-refractivity contribution is 0.584. The molecule has 0 fully saturated rings. The zero-order chi connectivity index (χ0) is 16.3. The summed E-state index contributed by atoms with van der Waals surface area (Å²) in [4.78, 5) is 2.45. The number of sulfonamides is 1. The molecule has 22 heavy (non-hydrogen) atoms. The van der Waals surface area contributed by atoms with Crippen molar-refractivity contribution in [1.29, 1.82) is 0 Å². The van der Waals surface area contributed by atoms with Crippen molar-refractivity contribution in [3.8, 4) is 0 Å². The van der Waals surface area contributed by atoms with Crippen LogP contribution in [0.4, 0.5) is 0 Å². The third-order valence-electron chi connectivity index (χ3n) is 3.23. The van der Waals surface area contributed by atoms with E-state index in [2.05, 4.69) is 25.9 Å². The van der Waals surface area contributed by atoms with Crippen molar-refractivity contribution in [3.05, 3.63) is 63.6 Å². The molecule has 0 saturated heterocycles. The van der Waals surface area contributed by atoms with Crippen LogP contribution < -0.4 is 4.83 Å². The summed E-state index contributed by atoms with van der Waals surface area (Å²) in [6, 6.07) is 12.4. The van der Waals surface area contributed by atoms with Gasteiger partial charge in [0.15, 0.2) is 0 Å². The second kappa shape index (κ2) is 6.62. The van der Waals surface area contributed by atoms with E-state index in [0.29, 0.717) is 5.71 Å². The minimum atomic E-state index is -3.66. The van der Waals surface area contributed by atoms with E-state index >= 15 is 0 Å². The molecular formula is C16H17BrN2O2S. The van der Waals surface area contributed by atoms with Crippen molar-refractivity contribution in [2.45, 2.75) is 25.7 Å². The van der Waals surface area contributed by atoms with Crippen LogP contribution in [-0.2, 0) is 10.0 Å². The molecule has 6 heteroatoms. The Balaban J connectivity index is 2.24. The number of hydrogen-bond donors (Lipinski definition) is 1. The van der Waals surface area contributed by atoms with Crippen LogP contribution in [0.25, 0.3) is 0 Å². The molecule has 0 aliphatic rings. The van der Waals surface area contributed by atoms with E-state index < -0.39 is 10.0 Å². The van der Waals surface area contributed by atoms with E-state index in [4.69, 9.17) is 0 Å². The topological polar surface area (TPSA) is 58.5 Å². The fourth-order valence-electron chi connectivity index (χ4n) is 2.07. The maximum Gasteiger partial charge on any atom is 0.276 e. The third kappa shape index (κ3) is 3.96. The molecule has 0 unspecified atom stereocenters. The van der Waals surface area contributed by atoms with Crippen LogP contribution in [0, 0.1) is 13.8 Å². The van der Waals surface area contributed by atoms with Crippen molar-refractivity contribution < 1.29 is 8.42 Å². The van der Waals surface area contributed by atoms with Gasteiger partial charge in [-0.2, -0.15) is 18.4 Å². The third-order valence-corrected chi connectivity index (χ3v) is 4.98. The van der Waals surface area contributed by atoms with E-state index in [9.17, 15) is 8.42 Å². The SMILES string of the molecule is CC(=NNS(=O)(=O)c1ccc(Br)cc1)c1ccc(C)cc1C. The minimum Gasteiger partial charge on any atom is -0.200 e. The van der Waals surface area contributed by atoms with E-state index in [0.717, 1.165) is 21.2 Å². The van der Waals surface area contributed by atoms with Gasteiger partial charge in [-0.15, -0.1) is 0 Å². The first kappa shape index (κ1) is 16.7. The summed E-state index contributed by atoms with van der Waals surface area (Å²) in [7, 11) is -3.66. The number of hydrazone groups is 1. The smallest absolute Gasteiger partial charge is 0.200 e. The molecule has 0 aliphatic heterocycles. The van der Waals surface area contributed by atoms with Crippen LogP contribution >= 0.6 is 15.9 Å². The number of aryl methyl sites for hydroxylation is 2. The lowest BCUT2D eigenvalue weighted by Gasteiger charge is -2.08. The van der Waals surface area contributed by atoms with E-state index in [-0.39, 0.29) is 4.90 Å². The summed E-state index contributed by atoms with van der Waals surface area (Å²) in [5.41, 5.74) is 3.76. The standard InChI is InChI=1S/C16H17BrN2O2S/c1-11-4-9-16(12(2)10-11)13(3)18-19-22(20,21)15-7-5-14(17)6-8-15/h4-10,19H,1-3H3. The quantitative estimate of drug-likeness (QED) is 0.648. The molecule has 4 nitrogen and oxygen atoms in total. The van der Waals surface area contributed by atoms with Gasteiger partial charge in [-0.05, 0) is 50.6 Å². The van der Waals surface area contributed by atoms with Crippen molar-refractivity contribution in [3.63, 3.8) is 0 Å². The molecule has 0 saturated carbocycles. The molecule has 0 aromatic heterocycles. The van der Waals surface area contributed by atoms with Crippen LogP contribution in [0.3, 0.4) is 0 Å². The molecule has 0 bridgehead atoms. The molecule has 2 aromatic carbocycles. The summed E-state index contributed by atoms with van der Waals surface area (Å²) in [5, 5.41) is 4.02. The Morgan fingerprint density at radius 1 is 1.09 bits per heavy atom. The maximum absolute atomic E-state index is 12.2. The molecule has 116 valence electrons. The zero-order valence-electron chi connectivity index (χ0n) is 12.6. The lowest BCUT2D eigenvalue weighted by atomic mass is 10.0. The number of nitrogens with zero attached hydrogens (tertiary/aromatic N) is 1. The van der Waals surface area contributed by atoms with E-state index in [1.165, 1.54) is 12.1 Å². The fraction of sp³-hybridized carbons (Fsp3) is 0.188. The van der Waals surface area contributed by atoms with Gasteiger partial charge in [-0.1, -0.05) is 39.7 Å². The first-order valence-corrected chi connectivity index (χ1v) is 8.96. The first-order valence-electron chi connectivity index (χ1n) is 6.69. The Labute approximate surface area is 139 Å². The predicted octanol–water partition coefficient (Wildman–Crippen LogP) is 3.77. The molecule has 0 atom stereocenters. The number of nitrogens with one attached hydrogen (secondary N) is 1. The van der Waals surface area contributed by atoms with Crippen LogP contribution in [-0.4, -0.2) is 14.1 Å². The molecule has 0 heterocycles. The molecule has 2 rings (SSSR count). The Bertz CT molecular complexity index is 813. The van der Waals surface area contributed by atoms with Gasteiger partial charge >= 0.3 is 0 Å². The zero-order valence-corrected chi connectivity index (χ0v) is 15.0. The molecule has 1 N–H and O–H groups in total. The van der Waals surface area contributed by atoms with Gasteiger partial charge in [0.2, 0.25) is 0 Å². The Morgan fingerprint density at radius 3 is 2.32 bits per heavy atom. The molecule has 0 aliphatic carbocycles. The molecule has 2 aromatic rings. The summed E-state index contributed by atoms with van der Waals surface area (Å²) in [6.07, 6.45) is 0. The average molecular weight is 381 g/mol. The first-order chi connectivity index (χ1) is 10.3. The highest BCUT2D eigenvalue weighted by Gasteiger charge is 2.13. The minimum absolute atomic E-state index is 0.174. The largest absolute Gasteiger partial charge is 0.276 e. The normalized spacial score (nSPS) is 12.3. The second-order valence-corrected chi connectivity index (χ2v) is 7.64. The van der Waals surface area contributed by atoms with Gasteiger partial charge in [0.25, 0.3) is 10.0 Å².